The van der Waals surface area contributed by atoms with Crippen molar-refractivity contribution in [3.63, 3.8) is 0 Å². The smallest absolute Gasteiger partial charge is 0.312 e. The highest BCUT2D eigenvalue weighted by molar-refractivity contribution is 6.33. The first-order valence-electron chi connectivity index (χ1n) is 4.64. The van der Waals surface area contributed by atoms with Gasteiger partial charge in [0.15, 0.2) is 0 Å². The van der Waals surface area contributed by atoms with Crippen molar-refractivity contribution >= 4 is 17.3 Å². The summed E-state index contributed by atoms with van der Waals surface area (Å²) < 4.78 is 5.29. The molecule has 0 aliphatic carbocycles. The molecule has 1 rings (SSSR count). The van der Waals surface area contributed by atoms with Crippen molar-refractivity contribution in [1.29, 1.82) is 0 Å². The summed E-state index contributed by atoms with van der Waals surface area (Å²) in [6.45, 7) is 4.13. The molecular formula is C10H12ClNO3. The first-order chi connectivity index (χ1) is 7.07. The molecule has 0 fully saturated rings. The summed E-state index contributed by atoms with van der Waals surface area (Å²) in [5.41, 5.74) is 0.687. The number of nitrogens with zero attached hydrogens (tertiary/aromatic N) is 1. The molecule has 0 aromatic heterocycles. The molecule has 5 heteroatoms. The molecule has 0 saturated heterocycles. The summed E-state index contributed by atoms with van der Waals surface area (Å²) in [4.78, 5) is 10.2. The monoisotopic (exact) mass is 229 g/mol. The van der Waals surface area contributed by atoms with E-state index in [9.17, 15) is 10.1 Å². The van der Waals surface area contributed by atoms with Gasteiger partial charge >= 0.3 is 5.69 Å². The molecule has 0 spiro atoms. The van der Waals surface area contributed by atoms with Crippen LogP contribution in [0.3, 0.4) is 0 Å². The highest BCUT2D eigenvalue weighted by Crippen LogP contribution is 2.36. The fourth-order valence-electron chi connectivity index (χ4n) is 1.13. The Morgan fingerprint density at radius 2 is 2.20 bits per heavy atom. The van der Waals surface area contributed by atoms with Crippen LogP contribution in [-0.2, 0) is 0 Å². The van der Waals surface area contributed by atoms with Crippen LogP contribution < -0.4 is 4.74 Å². The van der Waals surface area contributed by atoms with Gasteiger partial charge in [-0.1, -0.05) is 24.6 Å². The Labute approximate surface area is 93.0 Å². The van der Waals surface area contributed by atoms with Gasteiger partial charge in [-0.25, -0.2) is 0 Å². The molecule has 0 atom stereocenters. The van der Waals surface area contributed by atoms with Crippen LogP contribution in [-0.4, -0.2) is 11.5 Å². The van der Waals surface area contributed by atoms with Crippen LogP contribution in [0.15, 0.2) is 12.1 Å². The van der Waals surface area contributed by atoms with Gasteiger partial charge < -0.3 is 4.74 Å². The van der Waals surface area contributed by atoms with E-state index in [4.69, 9.17) is 16.3 Å². The molecule has 82 valence electrons. The largest absolute Gasteiger partial charge is 0.486 e. The van der Waals surface area contributed by atoms with Crippen molar-refractivity contribution in [1.82, 2.24) is 0 Å². The van der Waals surface area contributed by atoms with Crippen molar-refractivity contribution in [3.05, 3.63) is 32.8 Å². The Morgan fingerprint density at radius 1 is 1.53 bits per heavy atom. The highest BCUT2D eigenvalue weighted by Gasteiger charge is 2.19. The minimum absolute atomic E-state index is 0.0842. The summed E-state index contributed by atoms with van der Waals surface area (Å²) in [5, 5.41) is 11.0. The molecule has 0 radical (unpaired) electrons. The number of nitro benzene ring substituents is 1. The molecule has 0 aliphatic heterocycles. The van der Waals surface area contributed by atoms with Crippen molar-refractivity contribution in [2.75, 3.05) is 6.61 Å². The quantitative estimate of drug-likeness (QED) is 0.588. The Morgan fingerprint density at radius 3 is 2.73 bits per heavy atom. The Hall–Kier alpha value is -1.29. The lowest BCUT2D eigenvalue weighted by Crippen LogP contribution is -2.00. The standard InChI is InChI=1S/C10H12ClNO3/c1-3-6-15-10-8(12(13)14)5-4-7(2)9(10)11/h4-5H,3,6H2,1-2H3. The van der Waals surface area contributed by atoms with Gasteiger partial charge in [0.25, 0.3) is 0 Å². The van der Waals surface area contributed by atoms with E-state index in [0.29, 0.717) is 11.6 Å². The van der Waals surface area contributed by atoms with E-state index in [0.717, 1.165) is 12.0 Å². The average Bonchev–Trinajstić information content (AvgIpc) is 2.19. The molecule has 0 unspecified atom stereocenters. The van der Waals surface area contributed by atoms with Crippen LogP contribution in [0, 0.1) is 17.0 Å². The van der Waals surface area contributed by atoms with E-state index in [1.165, 1.54) is 6.07 Å². The lowest BCUT2D eigenvalue weighted by molar-refractivity contribution is -0.385. The molecule has 0 amide bonds. The highest BCUT2D eigenvalue weighted by atomic mass is 35.5. The molecule has 0 aliphatic rings. The Bertz CT molecular complexity index is 379. The normalized spacial score (nSPS) is 10.1. The van der Waals surface area contributed by atoms with E-state index >= 15 is 0 Å². The van der Waals surface area contributed by atoms with Crippen molar-refractivity contribution < 1.29 is 9.66 Å². The number of benzene rings is 1. The second kappa shape index (κ2) is 4.98. The minimum Gasteiger partial charge on any atom is -0.486 e. The second-order valence-electron chi connectivity index (χ2n) is 3.15. The predicted octanol–water partition coefficient (Wildman–Crippen LogP) is 3.35. The fourth-order valence-corrected chi connectivity index (χ4v) is 1.34. The number of nitro groups is 1. The number of ether oxygens (including phenoxy) is 1. The summed E-state index contributed by atoms with van der Waals surface area (Å²) in [7, 11) is 0. The number of halogens is 1. The zero-order valence-corrected chi connectivity index (χ0v) is 9.37. The number of hydrogen-bond donors (Lipinski definition) is 0. The second-order valence-corrected chi connectivity index (χ2v) is 3.53. The Balaban J connectivity index is 3.16. The van der Waals surface area contributed by atoms with Crippen LogP contribution >= 0.6 is 11.6 Å². The van der Waals surface area contributed by atoms with Crippen molar-refractivity contribution in [2.24, 2.45) is 0 Å². The van der Waals surface area contributed by atoms with Crippen LogP contribution in [0.5, 0.6) is 5.75 Å². The molecule has 0 heterocycles. The number of hydrogen-bond acceptors (Lipinski definition) is 3. The van der Waals surface area contributed by atoms with E-state index < -0.39 is 4.92 Å². The van der Waals surface area contributed by atoms with Gasteiger partial charge in [0, 0.05) is 6.07 Å². The molecule has 0 bridgehead atoms. The van der Waals surface area contributed by atoms with Crippen molar-refractivity contribution in [2.45, 2.75) is 20.3 Å². The van der Waals surface area contributed by atoms with Gasteiger partial charge in [0.2, 0.25) is 5.75 Å². The van der Waals surface area contributed by atoms with Crippen LogP contribution in [0.1, 0.15) is 18.9 Å². The lowest BCUT2D eigenvalue weighted by Gasteiger charge is -2.08. The summed E-state index contributed by atoms with van der Waals surface area (Å²) in [6, 6.07) is 3.02. The molecule has 1 aromatic carbocycles. The molecule has 0 saturated carbocycles. The average molecular weight is 230 g/mol. The summed E-state index contributed by atoms with van der Waals surface area (Å²) in [6.07, 6.45) is 0.779. The molecule has 0 N–H and O–H groups in total. The maximum Gasteiger partial charge on any atom is 0.312 e. The lowest BCUT2D eigenvalue weighted by atomic mass is 10.2. The topological polar surface area (TPSA) is 52.4 Å². The third kappa shape index (κ3) is 2.59. The van der Waals surface area contributed by atoms with Gasteiger partial charge in [-0.3, -0.25) is 10.1 Å². The zero-order valence-electron chi connectivity index (χ0n) is 8.62. The fraction of sp³-hybridized carbons (Fsp3) is 0.400. The van der Waals surface area contributed by atoms with E-state index in [-0.39, 0.29) is 11.4 Å². The van der Waals surface area contributed by atoms with Crippen LogP contribution in [0.2, 0.25) is 5.02 Å². The predicted molar refractivity (Wildman–Crippen MR) is 58.6 cm³/mol. The zero-order chi connectivity index (χ0) is 11.4. The molecule has 4 nitrogen and oxygen atoms in total. The van der Waals surface area contributed by atoms with Crippen LogP contribution in [0.25, 0.3) is 0 Å². The van der Waals surface area contributed by atoms with Gasteiger partial charge in [-0.05, 0) is 18.9 Å². The maximum absolute atomic E-state index is 10.7. The maximum atomic E-state index is 10.7. The van der Waals surface area contributed by atoms with E-state index in [1.807, 2.05) is 6.92 Å². The summed E-state index contributed by atoms with van der Waals surface area (Å²) >= 11 is 5.95. The minimum atomic E-state index is -0.490. The number of aryl methyl sites for hydroxylation is 1. The first kappa shape index (κ1) is 11.8. The van der Waals surface area contributed by atoms with Gasteiger partial charge in [0.1, 0.15) is 0 Å². The van der Waals surface area contributed by atoms with Gasteiger partial charge in [-0.15, -0.1) is 0 Å². The van der Waals surface area contributed by atoms with Gasteiger partial charge in [-0.2, -0.15) is 0 Å². The Kier molecular flexibility index (Phi) is 3.91. The molecule has 15 heavy (non-hydrogen) atoms. The molecule has 1 aromatic rings. The van der Waals surface area contributed by atoms with Gasteiger partial charge in [0.05, 0.1) is 16.6 Å². The first-order valence-corrected chi connectivity index (χ1v) is 5.02. The summed E-state index contributed by atoms with van der Waals surface area (Å²) in [5.74, 6) is 0.170. The van der Waals surface area contributed by atoms with Crippen LogP contribution in [0.4, 0.5) is 5.69 Å². The van der Waals surface area contributed by atoms with E-state index in [2.05, 4.69) is 0 Å². The number of rotatable bonds is 4. The third-order valence-electron chi connectivity index (χ3n) is 1.92. The van der Waals surface area contributed by atoms with E-state index in [1.54, 1.807) is 13.0 Å². The molecular weight excluding hydrogens is 218 g/mol. The third-order valence-corrected chi connectivity index (χ3v) is 2.39. The van der Waals surface area contributed by atoms with Crippen molar-refractivity contribution in [3.8, 4) is 5.75 Å². The SMILES string of the molecule is CCCOc1c([N+](=O)[O-])ccc(C)c1Cl.